The van der Waals surface area contributed by atoms with Gasteiger partial charge in [0.2, 0.25) is 0 Å². The Morgan fingerprint density at radius 3 is 1.43 bits per heavy atom. The van der Waals surface area contributed by atoms with Crippen LogP contribution in [0.3, 0.4) is 0 Å². The smallest absolute Gasteiger partial charge is 0.0430 e. The minimum Gasteiger partial charge on any atom is -0.141 e. The van der Waals surface area contributed by atoms with Gasteiger partial charge in [0.1, 0.15) is 0 Å². The van der Waals surface area contributed by atoms with Crippen LogP contribution in [0.2, 0.25) is 0 Å². The van der Waals surface area contributed by atoms with Crippen LogP contribution >= 0.6 is 68.0 Å². The molecule has 12 aromatic rings. The molecule has 0 atom stereocenters. The minimum atomic E-state index is 1.33. The summed E-state index contributed by atoms with van der Waals surface area (Å²) in [5, 5.41) is 16.3. The molecule has 0 N–H and O–H groups in total. The summed E-state index contributed by atoms with van der Waals surface area (Å²) in [4.78, 5) is 8.16. The molecule has 0 bridgehead atoms. The molecule has 260 valence electrons. The van der Waals surface area contributed by atoms with E-state index in [9.17, 15) is 0 Å². The highest BCUT2D eigenvalue weighted by Gasteiger charge is 2.23. The summed E-state index contributed by atoms with van der Waals surface area (Å²) < 4.78 is 8.37. The molecule has 0 aliphatic heterocycles. The molecular formula is C48H32S6. The third-order valence-corrected chi connectivity index (χ3v) is 17.7. The Kier molecular flexibility index (Phi) is 6.68. The molecule has 0 radical (unpaired) electrons. The monoisotopic (exact) mass is 800 g/mol. The summed E-state index contributed by atoms with van der Waals surface area (Å²) in [6.45, 7) is 13.6. The average Bonchev–Trinajstić information content (AvgIpc) is 3.97. The first-order valence-corrected chi connectivity index (χ1v) is 23.2. The largest absolute Gasteiger partial charge is 0.141 e. The first-order valence-electron chi connectivity index (χ1n) is 18.3. The van der Waals surface area contributed by atoms with Gasteiger partial charge in [-0.3, -0.25) is 0 Å². The molecule has 6 heteroatoms. The lowest BCUT2D eigenvalue weighted by molar-refractivity contribution is 1.65. The maximum atomic E-state index is 2.57. The van der Waals surface area contributed by atoms with E-state index < -0.39 is 0 Å². The van der Waals surface area contributed by atoms with Crippen molar-refractivity contribution < 1.29 is 0 Å². The molecule has 0 nitrogen and oxygen atoms in total. The van der Waals surface area contributed by atoms with Gasteiger partial charge in [0.05, 0.1) is 0 Å². The number of rotatable bonds is 2. The van der Waals surface area contributed by atoms with Crippen molar-refractivity contribution in [2.24, 2.45) is 0 Å². The summed E-state index contributed by atoms with van der Waals surface area (Å²) in [6, 6.07) is 34.1. The second-order valence-electron chi connectivity index (χ2n) is 15.1. The lowest BCUT2D eigenvalue weighted by Gasteiger charge is -2.16. The zero-order valence-electron chi connectivity index (χ0n) is 30.5. The molecule has 0 spiro atoms. The van der Waals surface area contributed by atoms with Gasteiger partial charge in [-0.15, -0.1) is 68.0 Å². The molecule has 6 aromatic heterocycles. The Hall–Kier alpha value is -4.14. The Labute approximate surface area is 336 Å². The van der Waals surface area contributed by atoms with Crippen LogP contribution in [0.5, 0.6) is 0 Å². The summed E-state index contributed by atoms with van der Waals surface area (Å²) in [6.07, 6.45) is 0. The summed E-state index contributed by atoms with van der Waals surface area (Å²) >= 11 is 11.6. The molecule has 6 aromatic carbocycles. The zero-order valence-corrected chi connectivity index (χ0v) is 35.4. The van der Waals surface area contributed by atoms with Crippen molar-refractivity contribution in [3.63, 3.8) is 0 Å². The van der Waals surface area contributed by atoms with Crippen molar-refractivity contribution in [2.45, 2.75) is 41.5 Å². The van der Waals surface area contributed by atoms with E-state index in [0.717, 1.165) is 0 Å². The van der Waals surface area contributed by atoms with Gasteiger partial charge in [-0.25, -0.2) is 0 Å². The SMILES string of the molecule is Cc1cc2cc3c(-c4cc5c(cc(-c6cc7c(ccc8cc(C)sc87)c7sc(C)cc67)c6cc(C)sc65)c5sc(C)cc45)c4sc(C)cc4cc3cc2s1. The number of fused-ring (bicyclic) bond motifs is 13. The lowest BCUT2D eigenvalue weighted by atomic mass is 9.89. The summed E-state index contributed by atoms with van der Waals surface area (Å²) in [7, 11) is 0. The maximum Gasteiger partial charge on any atom is 0.0430 e. The normalized spacial score (nSPS) is 12.6. The summed E-state index contributed by atoms with van der Waals surface area (Å²) in [5.41, 5.74) is 5.47. The van der Waals surface area contributed by atoms with E-state index in [1.165, 1.54) is 144 Å². The standard InChI is InChI=1S/C48H32S6/c1-21-10-29-16-32-28(17-42(29)49-21)15-30-11-23(3)51-45(30)43(32)35-20-41-40(48-38(35)14-26(6)54-48)19-34(37-13-25(5)53-47(37)41)33-18-39-31(46-36(33)12-24(4)52-46)8-7-27-9-22(2)50-44(27)39/h7-20H,1-6H3. The van der Waals surface area contributed by atoms with Crippen LogP contribution < -0.4 is 0 Å². The van der Waals surface area contributed by atoms with Crippen molar-refractivity contribution in [1.29, 1.82) is 0 Å². The number of hydrogen-bond donors (Lipinski definition) is 0. The molecule has 0 unspecified atom stereocenters. The van der Waals surface area contributed by atoms with E-state index in [2.05, 4.69) is 126 Å². The van der Waals surface area contributed by atoms with E-state index in [1.54, 1.807) is 0 Å². The van der Waals surface area contributed by atoms with Gasteiger partial charge in [0.25, 0.3) is 0 Å². The van der Waals surface area contributed by atoms with Gasteiger partial charge < -0.3 is 0 Å². The highest BCUT2D eigenvalue weighted by Crippen LogP contribution is 2.52. The molecule has 0 saturated carbocycles. The van der Waals surface area contributed by atoms with Crippen molar-refractivity contribution in [2.75, 3.05) is 0 Å². The van der Waals surface area contributed by atoms with E-state index >= 15 is 0 Å². The van der Waals surface area contributed by atoms with Gasteiger partial charge in [-0.1, -0.05) is 12.1 Å². The van der Waals surface area contributed by atoms with Gasteiger partial charge in [-0.2, -0.15) is 0 Å². The second-order valence-corrected chi connectivity index (χ2v) is 22.7. The Morgan fingerprint density at radius 1 is 0.278 bits per heavy atom. The van der Waals surface area contributed by atoms with E-state index in [4.69, 9.17) is 0 Å². The van der Waals surface area contributed by atoms with Crippen LogP contribution in [-0.4, -0.2) is 0 Å². The predicted octanol–water partition coefficient (Wildman–Crippen LogP) is 17.6. The van der Waals surface area contributed by atoms with Crippen LogP contribution in [-0.2, 0) is 0 Å². The highest BCUT2D eigenvalue weighted by atomic mass is 32.1. The predicted molar refractivity (Wildman–Crippen MR) is 251 cm³/mol. The molecule has 0 fully saturated rings. The number of hydrogen-bond acceptors (Lipinski definition) is 6. The van der Waals surface area contributed by atoms with Crippen molar-refractivity contribution in [3.05, 3.63) is 114 Å². The molecule has 6 heterocycles. The number of thiophene rings is 6. The van der Waals surface area contributed by atoms with Gasteiger partial charge in [-0.05, 0) is 158 Å². The van der Waals surface area contributed by atoms with Crippen molar-refractivity contribution in [3.8, 4) is 22.3 Å². The van der Waals surface area contributed by atoms with E-state index in [-0.39, 0.29) is 0 Å². The molecular weight excluding hydrogens is 769 g/mol. The third-order valence-electron chi connectivity index (χ3n) is 11.2. The topological polar surface area (TPSA) is 0 Å². The maximum absolute atomic E-state index is 2.57. The average molecular weight is 801 g/mol. The van der Waals surface area contributed by atoms with Crippen LogP contribution in [0, 0.1) is 41.5 Å². The third kappa shape index (κ3) is 4.50. The number of aryl methyl sites for hydroxylation is 6. The Morgan fingerprint density at radius 2 is 0.759 bits per heavy atom. The highest BCUT2D eigenvalue weighted by molar-refractivity contribution is 7.22. The van der Waals surface area contributed by atoms with Crippen molar-refractivity contribution in [1.82, 2.24) is 0 Å². The number of benzene rings is 6. The fraction of sp³-hybridized carbons (Fsp3) is 0.125. The summed E-state index contributed by atoms with van der Waals surface area (Å²) in [5.74, 6) is 0. The Bertz CT molecular complexity index is 3620. The molecule has 12 rings (SSSR count). The molecule has 0 amide bonds. The van der Waals surface area contributed by atoms with Crippen LogP contribution in [0.4, 0.5) is 0 Å². The van der Waals surface area contributed by atoms with Crippen LogP contribution in [0.15, 0.2) is 84.9 Å². The van der Waals surface area contributed by atoms with Gasteiger partial charge >= 0.3 is 0 Å². The van der Waals surface area contributed by atoms with Crippen LogP contribution in [0.1, 0.15) is 29.3 Å². The zero-order chi connectivity index (χ0) is 36.3. The first kappa shape index (κ1) is 32.1. The molecule has 0 aliphatic carbocycles. The quantitative estimate of drug-likeness (QED) is 0.163. The second kappa shape index (κ2) is 11.2. The van der Waals surface area contributed by atoms with Gasteiger partial charge in [0, 0.05) is 101 Å². The lowest BCUT2D eigenvalue weighted by Crippen LogP contribution is -1.88. The van der Waals surface area contributed by atoms with Gasteiger partial charge in [0.15, 0.2) is 0 Å². The minimum absolute atomic E-state index is 1.33. The first-order chi connectivity index (χ1) is 26.1. The Balaban J connectivity index is 1.23. The molecule has 0 saturated heterocycles. The van der Waals surface area contributed by atoms with E-state index in [1.807, 2.05) is 68.0 Å². The fourth-order valence-corrected chi connectivity index (χ4v) is 15.4. The van der Waals surface area contributed by atoms with Crippen LogP contribution in [0.25, 0.3) is 115 Å². The van der Waals surface area contributed by atoms with Crippen molar-refractivity contribution >= 4 is 161 Å². The molecule has 54 heavy (non-hydrogen) atoms. The van der Waals surface area contributed by atoms with E-state index in [0.29, 0.717) is 0 Å². The molecule has 0 aliphatic rings. The fourth-order valence-electron chi connectivity index (χ4n) is 9.15.